The molecule has 3 heteroatoms. The first-order valence-electron chi connectivity index (χ1n) is 5.92. The molecule has 0 fully saturated rings. The van der Waals surface area contributed by atoms with Crippen LogP contribution in [0.2, 0.25) is 5.15 Å². The van der Waals surface area contributed by atoms with E-state index in [1.807, 2.05) is 6.07 Å². The number of halogens is 1. The molecule has 0 aliphatic carbocycles. The number of nitrogens with zero attached hydrogens (tertiary/aromatic N) is 1. The highest BCUT2D eigenvalue weighted by Crippen LogP contribution is 2.31. The van der Waals surface area contributed by atoms with E-state index in [1.165, 1.54) is 5.56 Å². The number of fused-ring (bicyclic) bond motifs is 1. The second-order valence-electron chi connectivity index (χ2n) is 4.95. The number of hydrogen-bond acceptors (Lipinski definition) is 1. The highest BCUT2D eigenvalue weighted by atomic mass is 35.5. The molecule has 0 spiro atoms. The number of benzene rings is 1. The third-order valence-electron chi connectivity index (χ3n) is 2.96. The Morgan fingerprint density at radius 2 is 2.06 bits per heavy atom. The minimum atomic E-state index is -0.0104. The summed E-state index contributed by atoms with van der Waals surface area (Å²) in [4.78, 5) is 0. The van der Waals surface area contributed by atoms with E-state index in [0.29, 0.717) is 11.1 Å². The van der Waals surface area contributed by atoms with Crippen molar-refractivity contribution in [1.82, 2.24) is 4.57 Å². The van der Waals surface area contributed by atoms with Crippen LogP contribution in [0.1, 0.15) is 25.0 Å². The van der Waals surface area contributed by atoms with E-state index < -0.39 is 0 Å². The average molecular weight is 252 g/mol. The van der Waals surface area contributed by atoms with E-state index in [1.54, 1.807) is 0 Å². The molecule has 1 aromatic carbocycles. The second-order valence-corrected chi connectivity index (χ2v) is 5.31. The van der Waals surface area contributed by atoms with Crippen LogP contribution in [-0.2, 0) is 13.2 Å². The SMILES string of the molecule is Cc1ccc2c(CO)c(Cl)n(CC(C)C)c2c1. The van der Waals surface area contributed by atoms with E-state index in [9.17, 15) is 5.11 Å². The van der Waals surface area contributed by atoms with Crippen molar-refractivity contribution in [3.63, 3.8) is 0 Å². The summed E-state index contributed by atoms with van der Waals surface area (Å²) in [5, 5.41) is 11.2. The van der Waals surface area contributed by atoms with Crippen molar-refractivity contribution in [2.24, 2.45) is 5.92 Å². The molecule has 0 aliphatic heterocycles. The Bertz CT molecular complexity index is 543. The summed E-state index contributed by atoms with van der Waals surface area (Å²) >= 11 is 6.35. The lowest BCUT2D eigenvalue weighted by Crippen LogP contribution is -2.04. The van der Waals surface area contributed by atoms with E-state index in [0.717, 1.165) is 23.0 Å². The number of aliphatic hydroxyl groups is 1. The lowest BCUT2D eigenvalue weighted by molar-refractivity contribution is 0.283. The third kappa shape index (κ3) is 2.20. The molecule has 92 valence electrons. The summed E-state index contributed by atoms with van der Waals surface area (Å²) in [6, 6.07) is 6.22. The van der Waals surface area contributed by atoms with Crippen molar-refractivity contribution >= 4 is 22.5 Å². The fraction of sp³-hybridized carbons (Fsp3) is 0.429. The van der Waals surface area contributed by atoms with Gasteiger partial charge in [-0.05, 0) is 24.5 Å². The maximum absolute atomic E-state index is 9.44. The first-order chi connectivity index (χ1) is 8.04. The van der Waals surface area contributed by atoms with Crippen molar-refractivity contribution in [2.75, 3.05) is 0 Å². The summed E-state index contributed by atoms with van der Waals surface area (Å²) in [7, 11) is 0. The van der Waals surface area contributed by atoms with Crippen LogP contribution in [-0.4, -0.2) is 9.67 Å². The zero-order chi connectivity index (χ0) is 12.6. The highest BCUT2D eigenvalue weighted by Gasteiger charge is 2.15. The van der Waals surface area contributed by atoms with Crippen molar-refractivity contribution < 1.29 is 5.11 Å². The molecule has 0 saturated heterocycles. The van der Waals surface area contributed by atoms with E-state index in [-0.39, 0.29) is 6.61 Å². The molecule has 0 radical (unpaired) electrons. The summed E-state index contributed by atoms with van der Waals surface area (Å²) < 4.78 is 2.10. The molecule has 1 aromatic heterocycles. The van der Waals surface area contributed by atoms with Gasteiger partial charge in [0, 0.05) is 23.0 Å². The first kappa shape index (κ1) is 12.5. The van der Waals surface area contributed by atoms with Crippen LogP contribution in [0, 0.1) is 12.8 Å². The van der Waals surface area contributed by atoms with Crippen molar-refractivity contribution in [2.45, 2.75) is 33.9 Å². The Kier molecular flexibility index (Phi) is 3.45. The van der Waals surface area contributed by atoms with Gasteiger partial charge in [0.1, 0.15) is 5.15 Å². The smallest absolute Gasteiger partial charge is 0.115 e. The van der Waals surface area contributed by atoms with Crippen molar-refractivity contribution in [1.29, 1.82) is 0 Å². The van der Waals surface area contributed by atoms with Crippen LogP contribution >= 0.6 is 11.6 Å². The van der Waals surface area contributed by atoms with Crippen LogP contribution in [0.3, 0.4) is 0 Å². The summed E-state index contributed by atoms with van der Waals surface area (Å²) in [6.07, 6.45) is 0. The van der Waals surface area contributed by atoms with Gasteiger partial charge >= 0.3 is 0 Å². The van der Waals surface area contributed by atoms with E-state index in [2.05, 4.69) is 37.5 Å². The van der Waals surface area contributed by atoms with Gasteiger partial charge in [0.05, 0.1) is 6.61 Å². The predicted octanol–water partition coefficient (Wildman–Crippen LogP) is 3.75. The second kappa shape index (κ2) is 4.71. The normalized spacial score (nSPS) is 11.6. The Morgan fingerprint density at radius 1 is 1.35 bits per heavy atom. The molecule has 1 heterocycles. The topological polar surface area (TPSA) is 25.2 Å². The van der Waals surface area contributed by atoms with Gasteiger partial charge in [0.15, 0.2) is 0 Å². The maximum Gasteiger partial charge on any atom is 0.115 e. The molecule has 0 aliphatic rings. The van der Waals surface area contributed by atoms with Gasteiger partial charge in [0.2, 0.25) is 0 Å². The summed E-state index contributed by atoms with van der Waals surface area (Å²) in [5.41, 5.74) is 3.16. The van der Waals surface area contributed by atoms with Gasteiger partial charge in [-0.1, -0.05) is 37.6 Å². The number of aryl methyl sites for hydroxylation is 1. The number of hydrogen-bond donors (Lipinski definition) is 1. The lowest BCUT2D eigenvalue weighted by Gasteiger charge is -2.10. The van der Waals surface area contributed by atoms with E-state index >= 15 is 0 Å². The monoisotopic (exact) mass is 251 g/mol. The van der Waals surface area contributed by atoms with Gasteiger partial charge in [-0.3, -0.25) is 0 Å². The van der Waals surface area contributed by atoms with Gasteiger partial charge in [0.25, 0.3) is 0 Å². The Hall–Kier alpha value is -0.990. The summed E-state index contributed by atoms with van der Waals surface area (Å²) in [6.45, 7) is 7.26. The average Bonchev–Trinajstić information content (AvgIpc) is 2.51. The molecule has 2 aromatic rings. The first-order valence-corrected chi connectivity index (χ1v) is 6.30. The molecule has 0 unspecified atom stereocenters. The zero-order valence-electron chi connectivity index (χ0n) is 10.5. The van der Waals surface area contributed by atoms with Crippen LogP contribution in [0.15, 0.2) is 18.2 Å². The third-order valence-corrected chi connectivity index (χ3v) is 3.39. The predicted molar refractivity (Wildman–Crippen MR) is 72.4 cm³/mol. The standard InChI is InChI=1S/C14H18ClNO/c1-9(2)7-16-13-6-10(3)4-5-11(13)12(8-17)14(16)15/h4-6,9,17H,7-8H2,1-3H3. The Labute approximate surface area is 107 Å². The molecule has 0 bridgehead atoms. The number of aliphatic hydroxyl groups excluding tert-OH is 1. The summed E-state index contributed by atoms with van der Waals surface area (Å²) in [5.74, 6) is 0.523. The molecule has 0 saturated carbocycles. The highest BCUT2D eigenvalue weighted by molar-refractivity contribution is 6.32. The van der Waals surface area contributed by atoms with Crippen LogP contribution in [0.25, 0.3) is 10.9 Å². The molecule has 0 atom stereocenters. The van der Waals surface area contributed by atoms with Gasteiger partial charge < -0.3 is 9.67 Å². The molecular weight excluding hydrogens is 234 g/mol. The lowest BCUT2D eigenvalue weighted by atomic mass is 10.1. The fourth-order valence-corrected chi connectivity index (χ4v) is 2.52. The van der Waals surface area contributed by atoms with Crippen molar-refractivity contribution in [3.8, 4) is 0 Å². The van der Waals surface area contributed by atoms with Crippen molar-refractivity contribution in [3.05, 3.63) is 34.5 Å². The van der Waals surface area contributed by atoms with Crippen LogP contribution in [0.5, 0.6) is 0 Å². The van der Waals surface area contributed by atoms with Crippen LogP contribution in [0.4, 0.5) is 0 Å². The van der Waals surface area contributed by atoms with E-state index in [4.69, 9.17) is 11.6 Å². The zero-order valence-corrected chi connectivity index (χ0v) is 11.3. The minimum absolute atomic E-state index is 0.0104. The molecule has 17 heavy (non-hydrogen) atoms. The molecule has 2 rings (SSSR count). The van der Waals surface area contributed by atoms with Gasteiger partial charge in [-0.25, -0.2) is 0 Å². The quantitative estimate of drug-likeness (QED) is 0.883. The number of aromatic nitrogens is 1. The van der Waals surface area contributed by atoms with Gasteiger partial charge in [-0.2, -0.15) is 0 Å². The molecular formula is C14H18ClNO. The Balaban J connectivity index is 2.71. The maximum atomic E-state index is 9.44. The number of rotatable bonds is 3. The minimum Gasteiger partial charge on any atom is -0.392 e. The molecule has 1 N–H and O–H groups in total. The van der Waals surface area contributed by atoms with Crippen LogP contribution < -0.4 is 0 Å². The fourth-order valence-electron chi connectivity index (χ4n) is 2.19. The largest absolute Gasteiger partial charge is 0.392 e. The van der Waals surface area contributed by atoms with Gasteiger partial charge in [-0.15, -0.1) is 0 Å². The molecule has 2 nitrogen and oxygen atoms in total. The Morgan fingerprint density at radius 3 is 2.65 bits per heavy atom. The molecule has 0 amide bonds.